The smallest absolute Gasteiger partial charge is 0.300 e. The van der Waals surface area contributed by atoms with Crippen molar-refractivity contribution in [2.45, 2.75) is 138 Å². The van der Waals surface area contributed by atoms with Gasteiger partial charge in [0.05, 0.1) is 25.6 Å². The number of aromatic nitrogens is 3. The van der Waals surface area contributed by atoms with E-state index < -0.39 is 8.07 Å². The molecule has 0 aliphatic carbocycles. The van der Waals surface area contributed by atoms with Gasteiger partial charge in [-0.1, -0.05) is 167 Å². The third-order valence-corrected chi connectivity index (χ3v) is 20.6. The number of nitrogens with zero attached hydrogens (tertiary/aromatic N) is 3. The molecule has 79 heavy (non-hydrogen) atoms. The number of hydrogen-bond acceptors (Lipinski definition) is 2. The Kier molecular flexibility index (Phi) is 12.5. The van der Waals surface area contributed by atoms with Gasteiger partial charge in [-0.25, -0.2) is 0 Å². The van der Waals surface area contributed by atoms with Gasteiger partial charge < -0.3 is 4.42 Å². The number of para-hydroxylation sites is 3. The standard InChI is InChI=1S/C73H77N3OSSi/c1-43(2)33-51-38-64-69-54(30-31-55-53-23-17-20-26-65(53)77-71(55)69)52-29-28-49-39-67-60(59-35-47(41-73(8,9)10)27-32-66(59)78-67)40-58(49)72-75(46(7)34-63(52)74(64)42-68(51)79(11,12)13)61-24-18-19-25-62(61)76(72)70-56(44(3)4)36-50(37-57(70)45(5)6)48-21-15-14-16-22-48/h14-27,30-32,35-40,42-45,52,63H,7,28-29,33-34,41H2,1-6,8-13H3/q+2. The highest BCUT2D eigenvalue weighted by atomic mass is 32.1. The maximum absolute atomic E-state index is 7.09. The highest BCUT2D eigenvalue weighted by molar-refractivity contribution is 7.25. The van der Waals surface area contributed by atoms with E-state index in [0.29, 0.717) is 5.92 Å². The molecule has 0 bridgehead atoms. The summed E-state index contributed by atoms with van der Waals surface area (Å²) >= 11 is 1.95. The first-order chi connectivity index (χ1) is 37.8. The molecule has 13 rings (SSSR count). The van der Waals surface area contributed by atoms with Crippen molar-refractivity contribution >= 4 is 83.4 Å². The number of rotatable bonds is 8. The van der Waals surface area contributed by atoms with Gasteiger partial charge >= 0.3 is 0 Å². The summed E-state index contributed by atoms with van der Waals surface area (Å²) in [7, 11) is -1.85. The summed E-state index contributed by atoms with van der Waals surface area (Å²) in [5.74, 6) is 2.40. The van der Waals surface area contributed by atoms with E-state index >= 15 is 0 Å². The van der Waals surface area contributed by atoms with Crippen molar-refractivity contribution in [3.05, 3.63) is 186 Å². The molecule has 0 radical (unpaired) electrons. The minimum atomic E-state index is -1.85. The zero-order valence-electron chi connectivity index (χ0n) is 48.6. The van der Waals surface area contributed by atoms with Crippen molar-refractivity contribution in [1.29, 1.82) is 0 Å². The van der Waals surface area contributed by atoms with E-state index in [1.807, 2.05) is 11.3 Å². The molecule has 0 N–H and O–H groups in total. The Hall–Kier alpha value is -6.86. The van der Waals surface area contributed by atoms with Crippen LogP contribution in [0.25, 0.3) is 98.3 Å². The summed E-state index contributed by atoms with van der Waals surface area (Å²) in [6, 6.07) is 53.9. The minimum absolute atomic E-state index is 0.0981. The first-order valence-electron chi connectivity index (χ1n) is 29.3. The molecule has 6 heterocycles. The second kappa shape index (κ2) is 19.2. The molecule has 2 atom stereocenters. The maximum Gasteiger partial charge on any atom is 0.300 e. The van der Waals surface area contributed by atoms with E-state index in [2.05, 4.69) is 241 Å². The topological polar surface area (TPSA) is 25.8 Å². The number of thiophene rings is 1. The van der Waals surface area contributed by atoms with Crippen LogP contribution in [0.3, 0.4) is 0 Å². The van der Waals surface area contributed by atoms with E-state index in [0.717, 1.165) is 49.0 Å². The second-order valence-electron chi connectivity index (χ2n) is 26.7. The van der Waals surface area contributed by atoms with Gasteiger partial charge in [0.25, 0.3) is 5.82 Å². The van der Waals surface area contributed by atoms with Crippen molar-refractivity contribution in [2.24, 2.45) is 11.3 Å². The van der Waals surface area contributed by atoms with E-state index in [-0.39, 0.29) is 29.2 Å². The summed E-state index contributed by atoms with van der Waals surface area (Å²) in [6.07, 6.45) is 7.36. The molecule has 2 aliphatic rings. The first kappa shape index (κ1) is 51.6. The number of aryl methyl sites for hydroxylation is 1. The van der Waals surface area contributed by atoms with E-state index in [1.165, 1.54) is 115 Å². The monoisotopic (exact) mass is 1070 g/mol. The molecule has 7 aromatic carbocycles. The molecule has 398 valence electrons. The molecule has 4 nitrogen and oxygen atoms in total. The second-order valence-corrected chi connectivity index (χ2v) is 32.8. The van der Waals surface area contributed by atoms with Gasteiger partial charge in [0, 0.05) is 59.2 Å². The predicted octanol–water partition coefficient (Wildman–Crippen LogP) is 19.2. The first-order valence-corrected chi connectivity index (χ1v) is 33.6. The van der Waals surface area contributed by atoms with Gasteiger partial charge in [0.2, 0.25) is 5.69 Å². The molecule has 6 heteroatoms. The summed E-state index contributed by atoms with van der Waals surface area (Å²) in [5.41, 5.74) is 21.7. The minimum Gasteiger partial charge on any atom is -0.455 e. The molecule has 0 saturated carbocycles. The van der Waals surface area contributed by atoms with Crippen LogP contribution < -0.4 is 14.3 Å². The zero-order chi connectivity index (χ0) is 55.0. The molecule has 11 aromatic rings. The number of hydrogen-bond donors (Lipinski definition) is 0. The van der Waals surface area contributed by atoms with Crippen LogP contribution in [0.4, 0.5) is 0 Å². The largest absolute Gasteiger partial charge is 0.455 e. The van der Waals surface area contributed by atoms with Crippen molar-refractivity contribution in [2.75, 3.05) is 0 Å². The summed E-state index contributed by atoms with van der Waals surface area (Å²) in [4.78, 5) is 0. The van der Waals surface area contributed by atoms with Gasteiger partial charge in [-0.2, -0.15) is 13.7 Å². The third-order valence-electron chi connectivity index (χ3n) is 17.4. The van der Waals surface area contributed by atoms with Crippen LogP contribution in [-0.4, -0.2) is 12.6 Å². The number of imidazole rings is 1. The fourth-order valence-corrected chi connectivity index (χ4v) is 16.8. The molecule has 2 aliphatic heterocycles. The Morgan fingerprint density at radius 3 is 2.15 bits per heavy atom. The molecule has 0 saturated heterocycles. The Morgan fingerprint density at radius 2 is 1.43 bits per heavy atom. The van der Waals surface area contributed by atoms with E-state index in [1.54, 1.807) is 5.19 Å². The van der Waals surface area contributed by atoms with Gasteiger partial charge in [-0.05, 0) is 137 Å². The van der Waals surface area contributed by atoms with Gasteiger partial charge in [0.15, 0.2) is 23.3 Å². The van der Waals surface area contributed by atoms with Crippen molar-refractivity contribution in [3.63, 3.8) is 0 Å². The number of furan rings is 1. The highest BCUT2D eigenvalue weighted by Gasteiger charge is 2.46. The molecule has 0 spiro atoms. The van der Waals surface area contributed by atoms with Crippen LogP contribution in [0.2, 0.25) is 19.6 Å². The van der Waals surface area contributed by atoms with Crippen molar-refractivity contribution in [1.82, 2.24) is 4.57 Å². The van der Waals surface area contributed by atoms with Crippen molar-refractivity contribution < 1.29 is 13.6 Å². The van der Waals surface area contributed by atoms with Crippen LogP contribution in [0.5, 0.6) is 0 Å². The number of allylic oxidation sites excluding steroid dienone is 1. The predicted molar refractivity (Wildman–Crippen MR) is 339 cm³/mol. The van der Waals surface area contributed by atoms with Crippen LogP contribution in [0.15, 0.2) is 157 Å². The molecular formula is C73H77N3OSSi+2. The van der Waals surface area contributed by atoms with E-state index in [4.69, 9.17) is 11.0 Å². The lowest BCUT2D eigenvalue weighted by molar-refractivity contribution is -0.716. The molecule has 0 fully saturated rings. The van der Waals surface area contributed by atoms with Crippen LogP contribution in [0, 0.1) is 11.3 Å². The average Bonchev–Trinajstić information content (AvgIpc) is 4.07. The summed E-state index contributed by atoms with van der Waals surface area (Å²) in [5, 5.41) is 6.62. The Balaban J connectivity index is 1.13. The van der Waals surface area contributed by atoms with Gasteiger partial charge in [-0.15, -0.1) is 11.3 Å². The molecule has 0 amide bonds. The third kappa shape index (κ3) is 8.75. The van der Waals surface area contributed by atoms with Crippen LogP contribution in [0.1, 0.15) is 132 Å². The SMILES string of the molecule is C=C1CC2C(CCc3cc4sc5ccc(CC(C)(C)C)cc5c4cc3-c3n1c1ccccc1[n+]3-c1c(C(C)C)cc(-c3ccccc3)cc1C(C)C)c1ccc3c(oc4ccccc43)c1-c1cc(CC(C)C)c([Si](C)(C)C)c[n+]12. The maximum atomic E-state index is 7.09. The highest BCUT2D eigenvalue weighted by Crippen LogP contribution is 2.51. The fourth-order valence-electron chi connectivity index (χ4n) is 14.0. The average molecular weight is 1070 g/mol. The lowest BCUT2D eigenvalue weighted by Gasteiger charge is -2.33. The Morgan fingerprint density at radius 1 is 0.722 bits per heavy atom. The molecular weight excluding hydrogens is 995 g/mol. The van der Waals surface area contributed by atoms with Crippen LogP contribution in [-0.2, 0) is 19.3 Å². The Bertz CT molecular complexity index is 4230. The fraction of sp³-hybridized carbons (Fsp3) is 0.315. The van der Waals surface area contributed by atoms with E-state index in [9.17, 15) is 0 Å². The molecule has 2 unspecified atom stereocenters. The number of fused-ring (bicyclic) bond motifs is 18. The quantitative estimate of drug-likeness (QED) is 0.110. The Labute approximate surface area is 473 Å². The zero-order valence-corrected chi connectivity index (χ0v) is 50.5. The van der Waals surface area contributed by atoms with Gasteiger partial charge in [-0.3, -0.25) is 0 Å². The summed E-state index contributed by atoms with van der Waals surface area (Å²) in [6.45, 7) is 34.3. The van der Waals surface area contributed by atoms with Crippen molar-refractivity contribution in [3.8, 4) is 39.5 Å². The lowest BCUT2D eigenvalue weighted by atomic mass is 9.76. The normalized spacial score (nSPS) is 15.9. The van der Waals surface area contributed by atoms with Crippen LogP contribution >= 0.6 is 11.3 Å². The summed E-state index contributed by atoms with van der Waals surface area (Å²) < 4.78 is 17.8. The number of benzene rings is 7. The van der Waals surface area contributed by atoms with Gasteiger partial charge in [0.1, 0.15) is 22.6 Å². The molecule has 4 aromatic heterocycles. The number of pyridine rings is 1. The lowest BCUT2D eigenvalue weighted by Crippen LogP contribution is -2.54.